The number of rotatable bonds is 6. The quantitative estimate of drug-likeness (QED) is 0.805. The Kier molecular flexibility index (Phi) is 5.12. The van der Waals surface area contributed by atoms with Gasteiger partial charge in [-0.25, -0.2) is 9.69 Å². The number of ether oxygens (including phenoxy) is 1. The molecule has 0 saturated carbocycles. The van der Waals surface area contributed by atoms with Gasteiger partial charge in [-0.2, -0.15) is 0 Å². The van der Waals surface area contributed by atoms with E-state index in [1.165, 1.54) is 6.08 Å². The number of hydrogen-bond acceptors (Lipinski definition) is 4. The van der Waals surface area contributed by atoms with Gasteiger partial charge in [-0.05, 0) is 35.3 Å². The monoisotopic (exact) mass is 351 g/mol. The number of carbonyl (C=O) groups excluding carboxylic acids is 2. The normalized spacial score (nSPS) is 15.4. The highest BCUT2D eigenvalue weighted by atomic mass is 16.6. The number of benzene rings is 2. The van der Waals surface area contributed by atoms with Gasteiger partial charge in [0, 0.05) is 13.0 Å². The summed E-state index contributed by atoms with van der Waals surface area (Å²) in [6, 6.07) is 17.3. The van der Waals surface area contributed by atoms with Crippen LogP contribution in [0.5, 0.6) is 0 Å². The van der Waals surface area contributed by atoms with E-state index in [1.807, 2.05) is 54.6 Å². The van der Waals surface area contributed by atoms with Crippen molar-refractivity contribution in [2.75, 3.05) is 6.54 Å². The molecule has 1 aliphatic rings. The molecule has 0 spiro atoms. The summed E-state index contributed by atoms with van der Waals surface area (Å²) < 4.78 is 5.04. The number of carboxylic acid groups (broad SMARTS) is 1. The molecule has 132 valence electrons. The molecular formula is C20H17NO5. The number of cyclic esters (lactones) is 1. The number of aliphatic carboxylic acids is 1. The van der Waals surface area contributed by atoms with Crippen LogP contribution in [0.15, 0.2) is 60.4 Å². The first kappa shape index (κ1) is 17.4. The lowest BCUT2D eigenvalue weighted by Gasteiger charge is -2.08. The summed E-state index contributed by atoms with van der Waals surface area (Å²) in [5.41, 5.74) is 2.75. The van der Waals surface area contributed by atoms with E-state index < -0.39 is 18.0 Å². The molecule has 26 heavy (non-hydrogen) atoms. The topological polar surface area (TPSA) is 83.9 Å². The van der Waals surface area contributed by atoms with Gasteiger partial charge < -0.3 is 9.84 Å². The van der Waals surface area contributed by atoms with E-state index in [0.29, 0.717) is 0 Å². The van der Waals surface area contributed by atoms with Crippen LogP contribution in [0.2, 0.25) is 0 Å². The molecule has 0 bridgehead atoms. The average molecular weight is 351 g/mol. The van der Waals surface area contributed by atoms with E-state index in [2.05, 4.69) is 0 Å². The fourth-order valence-corrected chi connectivity index (χ4v) is 2.67. The van der Waals surface area contributed by atoms with Gasteiger partial charge in [0.1, 0.15) is 0 Å². The summed E-state index contributed by atoms with van der Waals surface area (Å²) in [4.78, 5) is 35.6. The minimum atomic E-state index is -0.974. The smallest absolute Gasteiger partial charge is 0.422 e. The molecular weight excluding hydrogens is 334 g/mol. The first-order valence-corrected chi connectivity index (χ1v) is 8.17. The van der Waals surface area contributed by atoms with Crippen LogP contribution < -0.4 is 0 Å². The first-order valence-electron chi connectivity index (χ1n) is 8.17. The van der Waals surface area contributed by atoms with Crippen molar-refractivity contribution in [3.05, 3.63) is 65.9 Å². The molecule has 0 aromatic heterocycles. The van der Waals surface area contributed by atoms with Crippen LogP contribution >= 0.6 is 0 Å². The maximum atomic E-state index is 12.3. The largest absolute Gasteiger partial charge is 0.481 e. The lowest BCUT2D eigenvalue weighted by Crippen LogP contribution is -2.30. The van der Waals surface area contributed by atoms with Crippen LogP contribution in [-0.4, -0.2) is 34.5 Å². The molecule has 2 amide bonds. The lowest BCUT2D eigenvalue weighted by atomic mass is 10.0. The predicted molar refractivity (Wildman–Crippen MR) is 94.9 cm³/mol. The van der Waals surface area contributed by atoms with Crippen molar-refractivity contribution < 1.29 is 24.2 Å². The molecule has 0 aliphatic carbocycles. The summed E-state index contributed by atoms with van der Waals surface area (Å²) in [5, 5.41) is 8.65. The third-order valence-corrected chi connectivity index (χ3v) is 3.94. The number of imide groups is 1. The van der Waals surface area contributed by atoms with E-state index in [0.717, 1.165) is 21.6 Å². The Morgan fingerprint density at radius 2 is 1.77 bits per heavy atom. The fraction of sp³-hybridized carbons (Fsp3) is 0.150. The van der Waals surface area contributed by atoms with Gasteiger partial charge in [-0.15, -0.1) is 0 Å². The zero-order valence-corrected chi connectivity index (χ0v) is 13.9. The van der Waals surface area contributed by atoms with Gasteiger partial charge in [0.2, 0.25) is 0 Å². The van der Waals surface area contributed by atoms with Crippen LogP contribution in [0.4, 0.5) is 4.79 Å². The second-order valence-electron chi connectivity index (χ2n) is 5.82. The minimum absolute atomic E-state index is 0.0192. The van der Waals surface area contributed by atoms with E-state index in [9.17, 15) is 14.4 Å². The summed E-state index contributed by atoms with van der Waals surface area (Å²) >= 11 is 0. The van der Waals surface area contributed by atoms with E-state index in [-0.39, 0.29) is 25.1 Å². The molecule has 0 unspecified atom stereocenters. The van der Waals surface area contributed by atoms with Crippen molar-refractivity contribution in [3.8, 4) is 11.1 Å². The Morgan fingerprint density at radius 1 is 1.04 bits per heavy atom. The Balaban J connectivity index is 1.77. The van der Waals surface area contributed by atoms with Gasteiger partial charge in [-0.3, -0.25) is 9.59 Å². The zero-order valence-electron chi connectivity index (χ0n) is 13.9. The molecule has 1 N–H and O–H groups in total. The van der Waals surface area contributed by atoms with Crippen LogP contribution in [-0.2, 0) is 14.3 Å². The van der Waals surface area contributed by atoms with Gasteiger partial charge in [0.15, 0.2) is 5.76 Å². The van der Waals surface area contributed by atoms with Crippen LogP contribution in [0.3, 0.4) is 0 Å². The van der Waals surface area contributed by atoms with E-state index >= 15 is 0 Å². The maximum absolute atomic E-state index is 12.3. The van der Waals surface area contributed by atoms with Crippen molar-refractivity contribution in [3.63, 3.8) is 0 Å². The third-order valence-electron chi connectivity index (χ3n) is 3.94. The third kappa shape index (κ3) is 3.97. The SMILES string of the molecule is O=C(O)CCCN1C(=O)O/C(=C\c2cccc(-c3ccccc3)c2)C1=O. The molecule has 3 rings (SSSR count). The van der Waals surface area contributed by atoms with E-state index in [1.54, 1.807) is 0 Å². The number of amides is 2. The van der Waals surface area contributed by atoms with Gasteiger partial charge in [-0.1, -0.05) is 48.5 Å². The van der Waals surface area contributed by atoms with Gasteiger partial charge in [0.05, 0.1) is 0 Å². The van der Waals surface area contributed by atoms with Crippen molar-refractivity contribution in [1.29, 1.82) is 0 Å². The molecule has 0 radical (unpaired) electrons. The molecule has 2 aromatic carbocycles. The van der Waals surface area contributed by atoms with Crippen LogP contribution in [0.25, 0.3) is 17.2 Å². The number of nitrogens with zero attached hydrogens (tertiary/aromatic N) is 1. The second-order valence-corrected chi connectivity index (χ2v) is 5.82. The van der Waals surface area contributed by atoms with Crippen molar-refractivity contribution in [1.82, 2.24) is 4.90 Å². The first-order chi connectivity index (χ1) is 12.5. The minimum Gasteiger partial charge on any atom is -0.481 e. The summed E-state index contributed by atoms with van der Waals surface area (Å²) in [6.07, 6.45) is 0.817. The van der Waals surface area contributed by atoms with Crippen LogP contribution in [0.1, 0.15) is 18.4 Å². The molecule has 1 aliphatic heterocycles. The van der Waals surface area contributed by atoms with E-state index in [4.69, 9.17) is 9.84 Å². The molecule has 6 heteroatoms. The van der Waals surface area contributed by atoms with Gasteiger partial charge >= 0.3 is 12.1 Å². The second kappa shape index (κ2) is 7.65. The average Bonchev–Trinajstić information content (AvgIpc) is 2.90. The number of carbonyl (C=O) groups is 3. The Bertz CT molecular complexity index is 873. The highest BCUT2D eigenvalue weighted by Gasteiger charge is 2.36. The summed E-state index contributed by atoms with van der Waals surface area (Å²) in [6.45, 7) is 0.0192. The highest BCUT2D eigenvalue weighted by Crippen LogP contribution is 2.24. The molecule has 2 aromatic rings. The predicted octanol–water partition coefficient (Wildman–Crippen LogP) is 3.54. The standard InChI is InChI=1S/C20H17NO5/c22-18(23)10-5-11-21-19(24)17(26-20(21)25)13-14-6-4-9-16(12-14)15-7-2-1-3-8-15/h1-4,6-9,12-13H,5,10-11H2,(H,22,23)/b17-13-. The van der Waals surface area contributed by atoms with Crippen molar-refractivity contribution >= 4 is 24.0 Å². The molecule has 0 atom stereocenters. The molecule has 6 nitrogen and oxygen atoms in total. The summed E-state index contributed by atoms with van der Waals surface area (Å²) in [7, 11) is 0. The van der Waals surface area contributed by atoms with Gasteiger partial charge in [0.25, 0.3) is 5.91 Å². The number of hydrogen-bond donors (Lipinski definition) is 1. The summed E-state index contributed by atoms with van der Waals surface area (Å²) in [5.74, 6) is -1.58. The maximum Gasteiger partial charge on any atom is 0.422 e. The molecule has 1 fully saturated rings. The zero-order chi connectivity index (χ0) is 18.5. The number of carboxylic acids is 1. The van der Waals surface area contributed by atoms with Crippen molar-refractivity contribution in [2.45, 2.75) is 12.8 Å². The van der Waals surface area contributed by atoms with Crippen molar-refractivity contribution in [2.24, 2.45) is 0 Å². The fourth-order valence-electron chi connectivity index (χ4n) is 2.67. The molecule has 1 saturated heterocycles. The molecule has 1 heterocycles. The Morgan fingerprint density at radius 3 is 2.50 bits per heavy atom. The van der Waals surface area contributed by atoms with Crippen LogP contribution in [0, 0.1) is 0 Å². The lowest BCUT2D eigenvalue weighted by molar-refractivity contribution is -0.137. The highest BCUT2D eigenvalue weighted by molar-refractivity contribution is 6.09. The Hall–Kier alpha value is -3.41. The Labute approximate surface area is 150 Å².